The van der Waals surface area contributed by atoms with Crippen LogP contribution in [0.3, 0.4) is 0 Å². The van der Waals surface area contributed by atoms with Crippen LogP contribution >= 0.6 is 0 Å². The highest BCUT2D eigenvalue weighted by Gasteiger charge is 2.32. The van der Waals surface area contributed by atoms with Crippen molar-refractivity contribution in [1.82, 2.24) is 3.97 Å². The molecule has 3 rings (SSSR count). The average molecular weight is 406 g/mol. The van der Waals surface area contributed by atoms with Gasteiger partial charge in [0.25, 0.3) is 15.7 Å². The molecular weight excluding hydrogens is 388 g/mol. The lowest BCUT2D eigenvalue weighted by Gasteiger charge is -2.14. The molecule has 0 bridgehead atoms. The SMILES string of the molecule is COc1cc(OC)c2c([N+](=O)[O-])cn(S(=O)(=O)c3ccc(C)cc3)c2c1OC. The second-order valence-corrected chi connectivity index (χ2v) is 7.74. The molecule has 0 radical (unpaired) electrons. The minimum atomic E-state index is -4.16. The van der Waals surface area contributed by atoms with Crippen LogP contribution in [0.1, 0.15) is 5.56 Å². The van der Waals surface area contributed by atoms with Crippen LogP contribution in [-0.2, 0) is 10.0 Å². The molecule has 0 fully saturated rings. The molecule has 0 saturated heterocycles. The van der Waals surface area contributed by atoms with E-state index in [-0.39, 0.29) is 33.0 Å². The molecule has 0 atom stereocenters. The Morgan fingerprint density at radius 1 is 1.00 bits per heavy atom. The summed E-state index contributed by atoms with van der Waals surface area (Å²) >= 11 is 0. The zero-order valence-corrected chi connectivity index (χ0v) is 16.4. The highest BCUT2D eigenvalue weighted by Crippen LogP contribution is 2.47. The average Bonchev–Trinajstić information content (AvgIpc) is 3.08. The van der Waals surface area contributed by atoms with Crippen molar-refractivity contribution >= 4 is 26.6 Å². The van der Waals surface area contributed by atoms with Gasteiger partial charge >= 0.3 is 0 Å². The minimum absolute atomic E-state index is 0.000775. The van der Waals surface area contributed by atoms with Crippen LogP contribution < -0.4 is 14.2 Å². The summed E-state index contributed by atoms with van der Waals surface area (Å²) in [5, 5.41) is 11.6. The number of nitrogens with zero attached hydrogens (tertiary/aromatic N) is 2. The Hall–Kier alpha value is -3.27. The van der Waals surface area contributed by atoms with E-state index in [1.165, 1.54) is 39.5 Å². The first-order valence-corrected chi connectivity index (χ1v) is 9.51. The van der Waals surface area contributed by atoms with Crippen LogP contribution in [0.5, 0.6) is 17.2 Å². The summed E-state index contributed by atoms with van der Waals surface area (Å²) in [7, 11) is -0.128. The Labute approximate surface area is 161 Å². The fourth-order valence-corrected chi connectivity index (χ4v) is 4.32. The molecule has 1 aromatic heterocycles. The molecule has 2 aromatic carbocycles. The molecular formula is C18H18N2O7S. The Bertz CT molecular complexity index is 1170. The molecule has 1 heterocycles. The summed E-state index contributed by atoms with van der Waals surface area (Å²) in [4.78, 5) is 10.9. The third kappa shape index (κ3) is 2.91. The van der Waals surface area contributed by atoms with Gasteiger partial charge in [0.15, 0.2) is 11.5 Å². The number of hydrogen-bond donors (Lipinski definition) is 0. The first-order valence-electron chi connectivity index (χ1n) is 8.07. The zero-order chi connectivity index (χ0) is 20.6. The predicted octanol–water partition coefficient (Wildman–Crippen LogP) is 3.12. The summed E-state index contributed by atoms with van der Waals surface area (Å²) in [6.45, 7) is 1.82. The molecule has 148 valence electrons. The van der Waals surface area contributed by atoms with E-state index in [1.807, 2.05) is 6.92 Å². The fourth-order valence-electron chi connectivity index (χ4n) is 2.96. The van der Waals surface area contributed by atoms with Crippen molar-refractivity contribution in [3.63, 3.8) is 0 Å². The monoisotopic (exact) mass is 406 g/mol. The van der Waals surface area contributed by atoms with Crippen molar-refractivity contribution in [1.29, 1.82) is 0 Å². The number of benzene rings is 2. The number of hydrogen-bond acceptors (Lipinski definition) is 7. The maximum atomic E-state index is 13.3. The summed E-state index contributed by atoms with van der Waals surface area (Å²) in [5.41, 5.74) is 0.415. The Balaban J connectivity index is 2.49. The number of ether oxygens (including phenoxy) is 3. The molecule has 0 spiro atoms. The second-order valence-electron chi connectivity index (χ2n) is 5.92. The highest BCUT2D eigenvalue weighted by atomic mass is 32.2. The van der Waals surface area contributed by atoms with E-state index in [9.17, 15) is 18.5 Å². The number of aryl methyl sites for hydroxylation is 1. The Morgan fingerprint density at radius 2 is 1.61 bits per heavy atom. The van der Waals surface area contributed by atoms with E-state index in [2.05, 4.69) is 0 Å². The quantitative estimate of drug-likeness (QED) is 0.457. The van der Waals surface area contributed by atoms with Gasteiger partial charge in [0, 0.05) is 6.07 Å². The van der Waals surface area contributed by atoms with Gasteiger partial charge in [-0.25, -0.2) is 12.4 Å². The molecule has 0 amide bonds. The van der Waals surface area contributed by atoms with Crippen LogP contribution in [0.15, 0.2) is 41.4 Å². The largest absolute Gasteiger partial charge is 0.496 e. The molecule has 10 heteroatoms. The molecule has 0 N–H and O–H groups in total. The molecule has 3 aromatic rings. The molecule has 28 heavy (non-hydrogen) atoms. The lowest BCUT2D eigenvalue weighted by Crippen LogP contribution is -2.12. The Morgan fingerprint density at radius 3 is 2.11 bits per heavy atom. The van der Waals surface area contributed by atoms with Crippen LogP contribution in [0.25, 0.3) is 10.9 Å². The molecule has 0 aliphatic heterocycles. The molecule has 9 nitrogen and oxygen atoms in total. The van der Waals surface area contributed by atoms with Gasteiger partial charge in [-0.3, -0.25) is 10.1 Å². The van der Waals surface area contributed by atoms with Crippen LogP contribution in [0.4, 0.5) is 5.69 Å². The zero-order valence-electron chi connectivity index (χ0n) is 15.6. The van der Waals surface area contributed by atoms with Crippen molar-refractivity contribution < 1.29 is 27.6 Å². The molecule has 0 aliphatic carbocycles. The second kappa shape index (κ2) is 7.04. The van der Waals surface area contributed by atoms with E-state index in [0.29, 0.717) is 0 Å². The van der Waals surface area contributed by atoms with Crippen molar-refractivity contribution in [2.24, 2.45) is 0 Å². The van der Waals surface area contributed by atoms with Gasteiger partial charge < -0.3 is 14.2 Å². The summed E-state index contributed by atoms with van der Waals surface area (Å²) in [5.74, 6) is 0.319. The number of nitro groups is 1. The maximum absolute atomic E-state index is 13.3. The normalized spacial score (nSPS) is 11.4. The highest BCUT2D eigenvalue weighted by molar-refractivity contribution is 7.90. The maximum Gasteiger partial charge on any atom is 0.299 e. The van der Waals surface area contributed by atoms with Crippen LogP contribution in [-0.4, -0.2) is 38.6 Å². The standard InChI is InChI=1S/C18H18N2O7S/c1-11-5-7-12(8-6-11)28(23,24)19-10-13(20(21)22)16-14(25-2)9-15(26-3)18(27-4)17(16)19/h5-10H,1-4H3. The van der Waals surface area contributed by atoms with Gasteiger partial charge in [-0.15, -0.1) is 0 Å². The third-order valence-corrected chi connectivity index (χ3v) is 5.99. The topological polar surface area (TPSA) is 110 Å². The molecule has 0 aliphatic rings. The number of aromatic nitrogens is 1. The van der Waals surface area contributed by atoms with Crippen molar-refractivity contribution in [3.05, 3.63) is 52.2 Å². The van der Waals surface area contributed by atoms with E-state index >= 15 is 0 Å². The molecule has 0 saturated carbocycles. The number of methoxy groups -OCH3 is 3. The van der Waals surface area contributed by atoms with E-state index in [4.69, 9.17) is 14.2 Å². The van der Waals surface area contributed by atoms with E-state index in [0.717, 1.165) is 15.7 Å². The smallest absolute Gasteiger partial charge is 0.299 e. The van der Waals surface area contributed by atoms with Crippen molar-refractivity contribution in [3.8, 4) is 17.2 Å². The van der Waals surface area contributed by atoms with Crippen LogP contribution in [0.2, 0.25) is 0 Å². The minimum Gasteiger partial charge on any atom is -0.496 e. The Kier molecular flexibility index (Phi) is 4.90. The third-order valence-electron chi connectivity index (χ3n) is 4.32. The number of rotatable bonds is 6. The lowest BCUT2D eigenvalue weighted by atomic mass is 10.2. The summed E-state index contributed by atoms with van der Waals surface area (Å²) in [6, 6.07) is 7.58. The lowest BCUT2D eigenvalue weighted by molar-refractivity contribution is -0.383. The summed E-state index contributed by atoms with van der Waals surface area (Å²) < 4.78 is 43.2. The van der Waals surface area contributed by atoms with Crippen molar-refractivity contribution in [2.75, 3.05) is 21.3 Å². The van der Waals surface area contributed by atoms with Gasteiger partial charge in [0.1, 0.15) is 22.8 Å². The first kappa shape index (κ1) is 19.5. The van der Waals surface area contributed by atoms with Crippen molar-refractivity contribution in [2.45, 2.75) is 11.8 Å². The predicted molar refractivity (Wildman–Crippen MR) is 102 cm³/mol. The van der Waals surface area contributed by atoms with E-state index < -0.39 is 20.6 Å². The summed E-state index contributed by atoms with van der Waals surface area (Å²) in [6.07, 6.45) is 0.949. The van der Waals surface area contributed by atoms with Gasteiger partial charge in [0.05, 0.1) is 31.1 Å². The van der Waals surface area contributed by atoms with Crippen LogP contribution in [0, 0.1) is 17.0 Å². The number of fused-ring (bicyclic) bond motifs is 1. The van der Waals surface area contributed by atoms with Gasteiger partial charge in [-0.1, -0.05) is 17.7 Å². The van der Waals surface area contributed by atoms with E-state index in [1.54, 1.807) is 12.1 Å². The van der Waals surface area contributed by atoms with Gasteiger partial charge in [-0.2, -0.15) is 0 Å². The first-order chi connectivity index (χ1) is 13.3. The fraction of sp³-hybridized carbons (Fsp3) is 0.222. The van der Waals surface area contributed by atoms with Gasteiger partial charge in [-0.05, 0) is 19.1 Å². The van der Waals surface area contributed by atoms with Gasteiger partial charge in [0.2, 0.25) is 0 Å². The molecule has 0 unspecified atom stereocenters.